The number of imidazole rings is 1. The predicted molar refractivity (Wildman–Crippen MR) is 93.6 cm³/mol. The smallest absolute Gasteiger partial charge is 0.332 e. The van der Waals surface area contributed by atoms with Gasteiger partial charge >= 0.3 is 5.69 Å². The van der Waals surface area contributed by atoms with E-state index in [2.05, 4.69) is 9.97 Å². The van der Waals surface area contributed by atoms with Gasteiger partial charge < -0.3 is 20.7 Å². The predicted octanol–water partition coefficient (Wildman–Crippen LogP) is -0.0487. The number of nitrogens with two attached hydrogens (primary N) is 1. The molecule has 1 fully saturated rings. The summed E-state index contributed by atoms with van der Waals surface area (Å²) in [5.74, 6) is -0.595. The third kappa shape index (κ3) is 2.93. The van der Waals surface area contributed by atoms with E-state index in [1.807, 2.05) is 0 Å². The molecular formula is C17H17F2N5O4. The molecule has 3 heterocycles. The first kappa shape index (κ1) is 18.5. The SMILES string of the molecule is Nc1ncc2c(n1)n([C@@H]1O[C@H](CO)[C@@H](F)[C@H]1O)c(=O)n2Cc1cccc(F)c1. The maximum absolute atomic E-state index is 14.2. The van der Waals surface area contributed by atoms with E-state index in [-0.39, 0.29) is 23.7 Å². The van der Waals surface area contributed by atoms with Crippen molar-refractivity contribution in [1.82, 2.24) is 19.1 Å². The number of nitrogen functional groups attached to an aromatic ring is 1. The summed E-state index contributed by atoms with van der Waals surface area (Å²) >= 11 is 0. The molecule has 1 aromatic carbocycles. The molecule has 11 heteroatoms. The molecule has 0 bridgehead atoms. The summed E-state index contributed by atoms with van der Waals surface area (Å²) in [5.41, 5.74) is 5.74. The fraction of sp³-hybridized carbons (Fsp3) is 0.353. The lowest BCUT2D eigenvalue weighted by atomic mass is 10.1. The van der Waals surface area contributed by atoms with Crippen molar-refractivity contribution in [2.75, 3.05) is 12.3 Å². The van der Waals surface area contributed by atoms with Crippen LogP contribution in [-0.2, 0) is 11.3 Å². The van der Waals surface area contributed by atoms with Crippen molar-refractivity contribution < 1.29 is 23.7 Å². The standard InChI is InChI=1S/C17H17F2N5O4/c18-9-3-1-2-8(4-9)6-23-10-5-21-16(20)22-14(10)24(17(23)27)15-13(26)12(19)11(7-25)28-15/h1-5,11-13,15,25-26H,6-7H2,(H2,20,21,22)/t11-,12-,13-,15-/m1/s1. The number of alkyl halides is 1. The van der Waals surface area contributed by atoms with E-state index in [9.17, 15) is 23.8 Å². The van der Waals surface area contributed by atoms with Gasteiger partial charge in [-0.2, -0.15) is 4.98 Å². The minimum absolute atomic E-state index is 0.0152. The van der Waals surface area contributed by atoms with Crippen LogP contribution in [0.15, 0.2) is 35.3 Å². The van der Waals surface area contributed by atoms with Crippen LogP contribution in [0, 0.1) is 5.82 Å². The van der Waals surface area contributed by atoms with Crippen molar-refractivity contribution in [3.8, 4) is 0 Å². The Hall–Kier alpha value is -2.89. The molecule has 0 radical (unpaired) electrons. The van der Waals surface area contributed by atoms with Crippen molar-refractivity contribution in [2.45, 2.75) is 31.2 Å². The van der Waals surface area contributed by atoms with Crippen LogP contribution < -0.4 is 11.4 Å². The minimum atomic E-state index is -1.89. The van der Waals surface area contributed by atoms with E-state index < -0.39 is 42.7 Å². The highest BCUT2D eigenvalue weighted by molar-refractivity contribution is 5.72. The highest BCUT2D eigenvalue weighted by atomic mass is 19.1. The number of halogens is 2. The molecule has 4 N–H and O–H groups in total. The van der Waals surface area contributed by atoms with E-state index in [0.717, 1.165) is 4.57 Å². The molecule has 0 aliphatic carbocycles. The molecule has 0 amide bonds. The summed E-state index contributed by atoms with van der Waals surface area (Å²) in [6.45, 7) is -0.679. The van der Waals surface area contributed by atoms with Crippen molar-refractivity contribution in [3.63, 3.8) is 0 Å². The molecular weight excluding hydrogens is 376 g/mol. The largest absolute Gasteiger partial charge is 0.394 e. The second-order valence-corrected chi connectivity index (χ2v) is 6.49. The average molecular weight is 393 g/mol. The van der Waals surface area contributed by atoms with Gasteiger partial charge in [0.1, 0.15) is 23.5 Å². The summed E-state index contributed by atoms with van der Waals surface area (Å²) in [7, 11) is 0. The zero-order valence-corrected chi connectivity index (χ0v) is 14.4. The van der Waals surface area contributed by atoms with Crippen LogP contribution in [0.2, 0.25) is 0 Å². The zero-order valence-electron chi connectivity index (χ0n) is 14.4. The lowest BCUT2D eigenvalue weighted by molar-refractivity contribution is -0.0513. The Morgan fingerprint density at radius 2 is 2.14 bits per heavy atom. The van der Waals surface area contributed by atoms with Gasteiger partial charge in [-0.15, -0.1) is 0 Å². The lowest BCUT2D eigenvalue weighted by Gasteiger charge is -2.15. The van der Waals surface area contributed by atoms with Gasteiger partial charge in [0.05, 0.1) is 19.3 Å². The summed E-state index contributed by atoms with van der Waals surface area (Å²) in [4.78, 5) is 21.0. The maximum atomic E-state index is 14.2. The molecule has 9 nitrogen and oxygen atoms in total. The van der Waals surface area contributed by atoms with Crippen LogP contribution in [0.1, 0.15) is 11.8 Å². The average Bonchev–Trinajstić information content (AvgIpc) is 3.09. The maximum Gasteiger partial charge on any atom is 0.332 e. The second kappa shape index (κ2) is 6.93. The van der Waals surface area contributed by atoms with E-state index in [0.29, 0.717) is 5.56 Å². The zero-order chi connectivity index (χ0) is 20.0. The lowest BCUT2D eigenvalue weighted by Crippen LogP contribution is -2.34. The molecule has 3 aromatic rings. The molecule has 2 aromatic heterocycles. The van der Waals surface area contributed by atoms with Crippen LogP contribution in [-0.4, -0.2) is 54.3 Å². The van der Waals surface area contributed by atoms with Gasteiger partial charge in [-0.1, -0.05) is 12.1 Å². The van der Waals surface area contributed by atoms with Crippen molar-refractivity contribution in [3.05, 3.63) is 52.3 Å². The van der Waals surface area contributed by atoms with E-state index in [1.54, 1.807) is 6.07 Å². The Morgan fingerprint density at radius 3 is 2.82 bits per heavy atom. The molecule has 148 valence electrons. The number of fused-ring (bicyclic) bond motifs is 1. The van der Waals surface area contributed by atoms with Crippen molar-refractivity contribution >= 4 is 17.1 Å². The number of aliphatic hydroxyl groups excluding tert-OH is 2. The molecule has 1 aliphatic rings. The van der Waals surface area contributed by atoms with E-state index >= 15 is 0 Å². The summed E-state index contributed by atoms with van der Waals surface area (Å²) < 4.78 is 35.2. The van der Waals surface area contributed by atoms with Gasteiger partial charge in [0, 0.05) is 0 Å². The fourth-order valence-corrected chi connectivity index (χ4v) is 3.34. The first-order valence-corrected chi connectivity index (χ1v) is 8.47. The summed E-state index contributed by atoms with van der Waals surface area (Å²) in [5, 5.41) is 19.4. The first-order chi connectivity index (χ1) is 13.4. The monoisotopic (exact) mass is 393 g/mol. The number of rotatable bonds is 4. The van der Waals surface area contributed by atoms with E-state index in [1.165, 1.54) is 29.0 Å². The van der Waals surface area contributed by atoms with Gasteiger partial charge in [-0.3, -0.25) is 4.57 Å². The van der Waals surface area contributed by atoms with Crippen molar-refractivity contribution in [1.29, 1.82) is 0 Å². The second-order valence-electron chi connectivity index (χ2n) is 6.49. The highest BCUT2D eigenvalue weighted by Crippen LogP contribution is 2.32. The molecule has 4 atom stereocenters. The highest BCUT2D eigenvalue weighted by Gasteiger charge is 2.46. The minimum Gasteiger partial charge on any atom is -0.394 e. The number of benzene rings is 1. The molecule has 1 aliphatic heterocycles. The van der Waals surface area contributed by atoms with Gasteiger partial charge in [0.15, 0.2) is 18.0 Å². The molecule has 0 spiro atoms. The Kier molecular flexibility index (Phi) is 4.57. The molecule has 28 heavy (non-hydrogen) atoms. The van der Waals surface area contributed by atoms with Gasteiger partial charge in [0.2, 0.25) is 5.95 Å². The fourth-order valence-electron chi connectivity index (χ4n) is 3.34. The quantitative estimate of drug-likeness (QED) is 0.567. The third-order valence-electron chi connectivity index (χ3n) is 4.68. The Balaban J connectivity index is 1.87. The molecule has 4 rings (SSSR count). The van der Waals surface area contributed by atoms with Gasteiger partial charge in [-0.05, 0) is 17.7 Å². The van der Waals surface area contributed by atoms with Crippen LogP contribution in [0.4, 0.5) is 14.7 Å². The Labute approximate surface area is 156 Å². The number of ether oxygens (including phenoxy) is 1. The number of hydrogen-bond donors (Lipinski definition) is 3. The van der Waals surface area contributed by atoms with Crippen LogP contribution in [0.25, 0.3) is 11.2 Å². The Morgan fingerprint density at radius 1 is 1.36 bits per heavy atom. The van der Waals surface area contributed by atoms with Crippen LogP contribution >= 0.6 is 0 Å². The number of nitrogens with zero attached hydrogens (tertiary/aromatic N) is 4. The van der Waals surface area contributed by atoms with Crippen molar-refractivity contribution in [2.24, 2.45) is 0 Å². The molecule has 0 unspecified atom stereocenters. The molecule has 0 saturated carbocycles. The Bertz CT molecular complexity index is 1090. The third-order valence-corrected chi connectivity index (χ3v) is 4.68. The normalized spacial score (nSPS) is 24.9. The number of anilines is 1. The van der Waals surface area contributed by atoms with E-state index in [4.69, 9.17) is 10.5 Å². The summed E-state index contributed by atoms with van der Waals surface area (Å²) in [6, 6.07) is 5.69. The number of aliphatic hydroxyl groups is 2. The number of aromatic nitrogens is 4. The topological polar surface area (TPSA) is 128 Å². The number of hydrogen-bond acceptors (Lipinski definition) is 7. The summed E-state index contributed by atoms with van der Waals surface area (Å²) in [6.07, 6.45) is -4.97. The first-order valence-electron chi connectivity index (χ1n) is 8.47. The van der Waals surface area contributed by atoms with Gasteiger partial charge in [-0.25, -0.2) is 23.1 Å². The van der Waals surface area contributed by atoms with Crippen LogP contribution in [0.3, 0.4) is 0 Å². The van der Waals surface area contributed by atoms with Gasteiger partial charge in [0.25, 0.3) is 0 Å². The molecule has 1 saturated heterocycles. The van der Waals surface area contributed by atoms with Crippen LogP contribution in [0.5, 0.6) is 0 Å².